The summed E-state index contributed by atoms with van der Waals surface area (Å²) in [5.74, 6) is -0.128. The molecule has 7 nitrogen and oxygen atoms in total. The molecule has 1 aromatic carbocycles. The van der Waals surface area contributed by atoms with Crippen molar-refractivity contribution in [2.75, 3.05) is 11.9 Å². The predicted molar refractivity (Wildman–Crippen MR) is 93.4 cm³/mol. The number of nitrogens with two attached hydrogens (primary N) is 1. The lowest BCUT2D eigenvalue weighted by atomic mass is 10.0. The van der Waals surface area contributed by atoms with Crippen LogP contribution in [0.15, 0.2) is 41.7 Å². The summed E-state index contributed by atoms with van der Waals surface area (Å²) in [6.45, 7) is -2.40. The number of nitrogens with one attached hydrogen (secondary N) is 1. The summed E-state index contributed by atoms with van der Waals surface area (Å²) in [4.78, 5) is 8.28. The lowest BCUT2D eigenvalue weighted by Crippen LogP contribution is -2.24. The van der Waals surface area contributed by atoms with Crippen LogP contribution in [0, 0.1) is 5.82 Å². The van der Waals surface area contributed by atoms with Crippen molar-refractivity contribution in [1.29, 1.82) is 0 Å². The molecule has 0 amide bonds. The highest BCUT2D eigenvalue weighted by molar-refractivity contribution is 5.89. The largest absolute Gasteiger partial charge is 0.465 e. The molecule has 2 aromatic heterocycles. The summed E-state index contributed by atoms with van der Waals surface area (Å²) in [5, 5.41) is 7.38. The second-order valence-electron chi connectivity index (χ2n) is 5.97. The maximum atomic E-state index is 14.3. The van der Waals surface area contributed by atoms with Gasteiger partial charge in [0.15, 0.2) is 5.82 Å². The van der Waals surface area contributed by atoms with E-state index in [0.717, 1.165) is 0 Å². The first kappa shape index (κ1) is 17.1. The summed E-state index contributed by atoms with van der Waals surface area (Å²) < 4.78 is 45.7. The van der Waals surface area contributed by atoms with E-state index in [9.17, 15) is 13.2 Å². The summed E-state index contributed by atoms with van der Waals surface area (Å²) in [7, 11) is 0. The van der Waals surface area contributed by atoms with Crippen LogP contribution in [0.2, 0.25) is 0 Å². The molecule has 3 heterocycles. The highest BCUT2D eigenvalue weighted by Gasteiger charge is 2.20. The zero-order chi connectivity index (χ0) is 19.0. The number of amidine groups is 1. The minimum atomic E-state index is -2.75. The topological polar surface area (TPSA) is 90.3 Å². The third-order valence-electron chi connectivity index (χ3n) is 4.18. The van der Waals surface area contributed by atoms with Gasteiger partial charge in [0.05, 0.1) is 12.6 Å². The number of ether oxygens (including phenoxy) is 1. The van der Waals surface area contributed by atoms with E-state index in [2.05, 4.69) is 20.4 Å². The van der Waals surface area contributed by atoms with Gasteiger partial charge in [-0.15, -0.1) is 0 Å². The van der Waals surface area contributed by atoms with Crippen LogP contribution in [0.1, 0.15) is 24.6 Å². The molecule has 0 fully saturated rings. The van der Waals surface area contributed by atoms with Crippen LogP contribution in [0.5, 0.6) is 0 Å². The molecule has 0 aliphatic carbocycles. The number of anilines is 2. The number of aliphatic imine (C=N–C) groups is 1. The van der Waals surface area contributed by atoms with E-state index < -0.39 is 18.4 Å². The van der Waals surface area contributed by atoms with Gasteiger partial charge in [-0.2, -0.15) is 13.9 Å². The molecule has 0 radical (unpaired) electrons. The third-order valence-corrected chi connectivity index (χ3v) is 4.18. The van der Waals surface area contributed by atoms with Crippen molar-refractivity contribution in [3.8, 4) is 0 Å². The van der Waals surface area contributed by atoms with Crippen molar-refractivity contribution in [1.82, 2.24) is 14.8 Å². The zero-order valence-electron chi connectivity index (χ0n) is 13.9. The molecule has 27 heavy (non-hydrogen) atoms. The summed E-state index contributed by atoms with van der Waals surface area (Å²) >= 11 is 0. The predicted octanol–water partition coefficient (Wildman–Crippen LogP) is 3.49. The number of hydrogen-bond donors (Lipinski definition) is 2. The number of hydrogen-bond acceptors (Lipinski definition) is 6. The Hall–Kier alpha value is -3.30. The fraction of sp³-hybridized carbons (Fsp3) is 0.235. The normalized spacial score (nSPS) is 17.0. The molecule has 0 saturated carbocycles. The van der Waals surface area contributed by atoms with E-state index >= 15 is 0 Å². The van der Waals surface area contributed by atoms with Crippen molar-refractivity contribution < 1.29 is 17.9 Å². The molecule has 0 unspecified atom stereocenters. The van der Waals surface area contributed by atoms with Gasteiger partial charge in [0, 0.05) is 35.5 Å². The zero-order valence-corrected chi connectivity index (χ0v) is 13.9. The Balaban J connectivity index is 1.68. The molecule has 0 bridgehead atoms. The molecule has 1 aliphatic heterocycles. The van der Waals surface area contributed by atoms with E-state index in [1.807, 2.05) is 0 Å². The number of rotatable bonds is 4. The monoisotopic (exact) mass is 376 g/mol. The Bertz CT molecular complexity index is 1020. The van der Waals surface area contributed by atoms with Gasteiger partial charge in [-0.05, 0) is 24.3 Å². The van der Waals surface area contributed by atoms with Gasteiger partial charge in [-0.3, -0.25) is 0 Å². The third kappa shape index (κ3) is 3.37. The van der Waals surface area contributed by atoms with Gasteiger partial charge in [0.25, 0.3) is 6.02 Å². The Morgan fingerprint density at radius 1 is 1.30 bits per heavy atom. The fourth-order valence-electron chi connectivity index (χ4n) is 2.93. The number of halogens is 3. The molecule has 3 aromatic rings. The van der Waals surface area contributed by atoms with Gasteiger partial charge < -0.3 is 15.8 Å². The van der Waals surface area contributed by atoms with Crippen LogP contribution in [-0.2, 0) is 4.74 Å². The molecule has 140 valence electrons. The Kier molecular flexibility index (Phi) is 4.30. The fourth-order valence-corrected chi connectivity index (χ4v) is 2.93. The van der Waals surface area contributed by atoms with Crippen LogP contribution < -0.4 is 11.1 Å². The molecule has 4 rings (SSSR count). The van der Waals surface area contributed by atoms with Crippen LogP contribution in [-0.4, -0.2) is 27.4 Å². The Morgan fingerprint density at radius 2 is 2.15 bits per heavy atom. The van der Waals surface area contributed by atoms with Crippen LogP contribution >= 0.6 is 0 Å². The number of aromatic nitrogens is 3. The lowest BCUT2D eigenvalue weighted by molar-refractivity contribution is 0.0574. The molecule has 1 atom stereocenters. The highest BCUT2D eigenvalue weighted by atomic mass is 19.3. The molecular weight excluding hydrogens is 361 g/mol. The summed E-state index contributed by atoms with van der Waals surface area (Å²) in [6, 6.07) is 5.57. The minimum Gasteiger partial charge on any atom is -0.465 e. The van der Waals surface area contributed by atoms with Gasteiger partial charge >= 0.3 is 6.55 Å². The van der Waals surface area contributed by atoms with Crippen LogP contribution in [0.4, 0.5) is 24.7 Å². The van der Waals surface area contributed by atoms with Gasteiger partial charge in [0.2, 0.25) is 0 Å². The number of nitrogens with zero attached hydrogens (tertiary/aromatic N) is 4. The minimum absolute atomic E-state index is 0.0213. The van der Waals surface area contributed by atoms with Crippen LogP contribution in [0.25, 0.3) is 10.9 Å². The smallest absolute Gasteiger partial charge is 0.333 e. The number of alkyl halides is 2. The van der Waals surface area contributed by atoms with Crippen molar-refractivity contribution >= 4 is 28.4 Å². The second-order valence-corrected chi connectivity index (χ2v) is 5.97. The van der Waals surface area contributed by atoms with E-state index in [-0.39, 0.29) is 11.5 Å². The summed E-state index contributed by atoms with van der Waals surface area (Å²) in [5.41, 5.74) is 6.74. The molecule has 3 N–H and O–H groups in total. The lowest BCUT2D eigenvalue weighted by Gasteiger charge is -2.20. The van der Waals surface area contributed by atoms with Crippen LogP contribution in [0.3, 0.4) is 0 Å². The Morgan fingerprint density at radius 3 is 2.93 bits per heavy atom. The number of pyridine rings is 1. The van der Waals surface area contributed by atoms with Crippen molar-refractivity contribution in [2.24, 2.45) is 10.7 Å². The molecule has 1 aliphatic rings. The molecular formula is C17H15F3N6O. The number of benzene rings is 1. The number of fused-ring (bicyclic) bond motifs is 1. The van der Waals surface area contributed by atoms with E-state index in [1.54, 1.807) is 12.1 Å². The standard InChI is InChI=1S/C17H15F3N6O/c18-12-2-1-10(7-11(12)13-4-6-27-17(21)24-13)23-15-14-9(3-5-22-15)8-26(25-14)16(19)20/h1-3,5,7-8,13,16H,4,6H2,(H2,21,24)(H,22,23)/t13-/m0/s1. The van der Waals surface area contributed by atoms with E-state index in [0.29, 0.717) is 40.2 Å². The van der Waals surface area contributed by atoms with Gasteiger partial charge in [-0.1, -0.05) is 0 Å². The first-order valence-corrected chi connectivity index (χ1v) is 8.16. The van der Waals surface area contributed by atoms with Gasteiger partial charge in [-0.25, -0.2) is 19.0 Å². The first-order chi connectivity index (χ1) is 13.0. The van der Waals surface area contributed by atoms with E-state index in [4.69, 9.17) is 10.5 Å². The Labute approximate surface area is 151 Å². The second kappa shape index (κ2) is 6.78. The highest BCUT2D eigenvalue weighted by Crippen LogP contribution is 2.31. The van der Waals surface area contributed by atoms with Crippen molar-refractivity contribution in [3.05, 3.63) is 48.0 Å². The average molecular weight is 376 g/mol. The summed E-state index contributed by atoms with van der Waals surface area (Å²) in [6.07, 6.45) is 3.21. The van der Waals surface area contributed by atoms with Crippen molar-refractivity contribution in [3.63, 3.8) is 0 Å². The SMILES string of the molecule is NC1=N[C@H](c2cc(Nc3nccc4cn(C(F)F)nc34)ccc2F)CCO1. The molecule has 10 heteroatoms. The average Bonchev–Trinajstić information content (AvgIpc) is 3.09. The van der Waals surface area contributed by atoms with Crippen molar-refractivity contribution in [2.45, 2.75) is 19.0 Å². The first-order valence-electron chi connectivity index (χ1n) is 8.16. The molecule has 0 saturated heterocycles. The van der Waals surface area contributed by atoms with E-state index in [1.165, 1.54) is 24.5 Å². The van der Waals surface area contributed by atoms with Gasteiger partial charge in [0.1, 0.15) is 11.3 Å². The quantitative estimate of drug-likeness (QED) is 0.728. The maximum Gasteiger partial charge on any atom is 0.333 e. The maximum absolute atomic E-state index is 14.3. The molecule has 0 spiro atoms.